The zero-order chi connectivity index (χ0) is 27.2. The number of nitrogens with one attached hydrogen (secondary N) is 1. The molecule has 1 N–H and O–H groups in total. The highest BCUT2D eigenvalue weighted by Gasteiger charge is 2.26. The van der Waals surface area contributed by atoms with Gasteiger partial charge in [-0.15, -0.1) is 11.6 Å². The summed E-state index contributed by atoms with van der Waals surface area (Å²) in [6, 6.07) is 15.3. The molecule has 1 aliphatic rings. The van der Waals surface area contributed by atoms with Gasteiger partial charge in [0.15, 0.2) is 5.75 Å². The zero-order valence-electron chi connectivity index (χ0n) is 21.2. The van der Waals surface area contributed by atoms with E-state index in [1.54, 1.807) is 18.3 Å². The summed E-state index contributed by atoms with van der Waals surface area (Å²) in [5.41, 5.74) is 2.48. The lowest BCUT2D eigenvalue weighted by atomic mass is 9.77. The molecule has 4 rings (SSSR count). The molecular weight excluding hydrogens is 545 g/mol. The molecular formula is C27H29Cl2N5O3S. The Kier molecular flexibility index (Phi) is 9.11. The number of ether oxygens (including phenoxy) is 2. The molecule has 8 nitrogen and oxygen atoms in total. The fraction of sp³-hybridized carbons (Fsp3) is 0.370. The minimum atomic E-state index is -2.32. The van der Waals surface area contributed by atoms with Crippen molar-refractivity contribution in [1.29, 1.82) is 5.26 Å². The average molecular weight is 575 g/mol. The van der Waals surface area contributed by atoms with Crippen molar-refractivity contribution < 1.29 is 13.7 Å². The maximum absolute atomic E-state index is 12.8. The summed E-state index contributed by atoms with van der Waals surface area (Å²) < 4.78 is 28.7. The Balaban J connectivity index is 1.47. The standard InChI is InChI=1S/C27H29Cl2N5O3S/c1-27(2,21-15-19(17-30)25(24(29)16-21)36-12-8-28)20-3-5-23(6-4-20)37-18-22-7-9-32-26(33-22)34-38(35)13-10-31-11-14-38/h3-7,9,15-16,31H,8,10-14,18H2,1-2H3. The van der Waals surface area contributed by atoms with Crippen LogP contribution in [0.5, 0.6) is 11.5 Å². The lowest BCUT2D eigenvalue weighted by molar-refractivity contribution is 0.301. The molecule has 0 atom stereocenters. The molecule has 0 spiro atoms. The van der Waals surface area contributed by atoms with Crippen molar-refractivity contribution in [3.8, 4) is 17.6 Å². The van der Waals surface area contributed by atoms with E-state index in [4.69, 9.17) is 32.7 Å². The van der Waals surface area contributed by atoms with Crippen molar-refractivity contribution in [1.82, 2.24) is 15.3 Å². The lowest BCUT2D eigenvalue weighted by Crippen LogP contribution is -2.35. The van der Waals surface area contributed by atoms with Crippen LogP contribution in [0.3, 0.4) is 0 Å². The Morgan fingerprint density at radius 3 is 2.55 bits per heavy atom. The van der Waals surface area contributed by atoms with Crippen LogP contribution >= 0.6 is 23.2 Å². The van der Waals surface area contributed by atoms with Gasteiger partial charge in [-0.2, -0.15) is 9.62 Å². The van der Waals surface area contributed by atoms with Crippen LogP contribution in [0.1, 0.15) is 36.2 Å². The van der Waals surface area contributed by atoms with Crippen LogP contribution in [-0.2, 0) is 21.8 Å². The van der Waals surface area contributed by atoms with E-state index in [0.29, 0.717) is 58.3 Å². The summed E-state index contributed by atoms with van der Waals surface area (Å²) in [6.45, 7) is 5.98. The molecule has 0 bridgehead atoms. The van der Waals surface area contributed by atoms with Crippen LogP contribution in [0.15, 0.2) is 53.0 Å². The average Bonchev–Trinajstić information content (AvgIpc) is 2.91. The second-order valence-corrected chi connectivity index (χ2v) is 12.6. The second-order valence-electron chi connectivity index (χ2n) is 9.29. The fourth-order valence-electron chi connectivity index (χ4n) is 4.06. The summed E-state index contributed by atoms with van der Waals surface area (Å²) in [7, 11) is -2.32. The van der Waals surface area contributed by atoms with Crippen LogP contribution in [0.4, 0.5) is 5.95 Å². The molecule has 11 heteroatoms. The Morgan fingerprint density at radius 2 is 1.87 bits per heavy atom. The van der Waals surface area contributed by atoms with Crippen molar-refractivity contribution in [2.75, 3.05) is 37.1 Å². The summed E-state index contributed by atoms with van der Waals surface area (Å²) in [6.07, 6.45) is 1.60. The van der Waals surface area contributed by atoms with E-state index < -0.39 is 15.1 Å². The number of nitriles is 1. The van der Waals surface area contributed by atoms with Crippen LogP contribution in [-0.4, -0.2) is 51.3 Å². The molecule has 200 valence electrons. The molecule has 1 saturated heterocycles. The number of rotatable bonds is 9. The van der Waals surface area contributed by atoms with E-state index in [-0.39, 0.29) is 19.2 Å². The van der Waals surface area contributed by atoms with E-state index in [1.807, 2.05) is 30.3 Å². The van der Waals surface area contributed by atoms with Crippen molar-refractivity contribution in [3.05, 3.63) is 76.1 Å². The number of benzene rings is 2. The predicted molar refractivity (Wildman–Crippen MR) is 150 cm³/mol. The molecule has 2 heterocycles. The van der Waals surface area contributed by atoms with Gasteiger partial charge in [0.25, 0.3) is 5.95 Å². The lowest BCUT2D eigenvalue weighted by Gasteiger charge is -2.27. The number of halogens is 2. The SMILES string of the molecule is CC(C)(c1ccc(OCc2ccnc(N=S3(=O)CCNCC3)n2)cc1)c1cc(Cl)c(OCCCl)c(C#N)c1. The molecule has 38 heavy (non-hydrogen) atoms. The predicted octanol–water partition coefficient (Wildman–Crippen LogP) is 5.23. The summed E-state index contributed by atoms with van der Waals surface area (Å²) >= 11 is 12.2. The topological polar surface area (TPSA) is 109 Å². The third-order valence-electron chi connectivity index (χ3n) is 6.32. The molecule has 0 radical (unpaired) electrons. The van der Waals surface area contributed by atoms with Gasteiger partial charge in [0.1, 0.15) is 25.0 Å². The number of alkyl halides is 1. The smallest absolute Gasteiger partial charge is 0.258 e. The third kappa shape index (κ3) is 6.75. The van der Waals surface area contributed by atoms with Crippen molar-refractivity contribution in [2.24, 2.45) is 4.36 Å². The highest BCUT2D eigenvalue weighted by atomic mass is 35.5. The number of hydrogen-bond donors (Lipinski definition) is 1. The first-order valence-electron chi connectivity index (χ1n) is 12.2. The first-order chi connectivity index (χ1) is 18.2. The van der Waals surface area contributed by atoms with Crippen molar-refractivity contribution in [3.63, 3.8) is 0 Å². The van der Waals surface area contributed by atoms with E-state index in [1.165, 1.54) is 0 Å². The van der Waals surface area contributed by atoms with E-state index in [2.05, 4.69) is 39.6 Å². The normalized spacial score (nSPS) is 14.9. The Hall–Kier alpha value is -2.90. The summed E-state index contributed by atoms with van der Waals surface area (Å²) in [4.78, 5) is 8.58. The van der Waals surface area contributed by atoms with Crippen LogP contribution in [0, 0.1) is 11.3 Å². The number of hydrogen-bond acceptors (Lipinski definition) is 8. The van der Waals surface area contributed by atoms with Gasteiger partial charge in [-0.05, 0) is 41.5 Å². The van der Waals surface area contributed by atoms with Crippen molar-refractivity contribution >= 4 is 38.9 Å². The fourth-order valence-corrected chi connectivity index (χ4v) is 6.11. The largest absolute Gasteiger partial charge is 0.489 e. The maximum Gasteiger partial charge on any atom is 0.258 e. The van der Waals surface area contributed by atoms with Crippen molar-refractivity contribution in [2.45, 2.75) is 25.9 Å². The highest BCUT2D eigenvalue weighted by molar-refractivity contribution is 7.93. The maximum atomic E-state index is 12.8. The first-order valence-corrected chi connectivity index (χ1v) is 14.9. The van der Waals surface area contributed by atoms with Crippen LogP contribution in [0.2, 0.25) is 5.02 Å². The molecule has 0 aliphatic carbocycles. The first kappa shape index (κ1) is 28.1. The molecule has 1 fully saturated rings. The van der Waals surface area contributed by atoms with Gasteiger partial charge in [-0.3, -0.25) is 0 Å². The van der Waals surface area contributed by atoms with Gasteiger partial charge in [-0.25, -0.2) is 14.2 Å². The van der Waals surface area contributed by atoms with Gasteiger partial charge < -0.3 is 14.8 Å². The number of aromatic nitrogens is 2. The highest BCUT2D eigenvalue weighted by Crippen LogP contribution is 2.38. The molecule has 0 unspecified atom stereocenters. The molecule has 3 aromatic rings. The molecule has 1 aromatic heterocycles. The number of nitrogens with zero attached hydrogens (tertiary/aromatic N) is 4. The molecule has 0 amide bonds. The molecule has 2 aromatic carbocycles. The van der Waals surface area contributed by atoms with Crippen LogP contribution in [0.25, 0.3) is 0 Å². The molecule has 1 aliphatic heterocycles. The second kappa shape index (κ2) is 12.3. The van der Waals surface area contributed by atoms with E-state index in [0.717, 1.165) is 11.1 Å². The Morgan fingerprint density at radius 1 is 1.13 bits per heavy atom. The minimum absolute atomic E-state index is 0.224. The van der Waals surface area contributed by atoms with E-state index >= 15 is 0 Å². The van der Waals surface area contributed by atoms with Gasteiger partial charge >= 0.3 is 0 Å². The summed E-state index contributed by atoms with van der Waals surface area (Å²) in [5.74, 6) is 2.54. The summed E-state index contributed by atoms with van der Waals surface area (Å²) in [5, 5.41) is 13.2. The van der Waals surface area contributed by atoms with Gasteiger partial charge in [0, 0.05) is 36.2 Å². The Labute approximate surface area is 233 Å². The molecule has 0 saturated carbocycles. The van der Waals surface area contributed by atoms with Gasteiger partial charge in [0.05, 0.1) is 31.9 Å². The monoisotopic (exact) mass is 573 g/mol. The van der Waals surface area contributed by atoms with E-state index in [9.17, 15) is 9.47 Å². The quantitative estimate of drug-likeness (QED) is 0.349. The van der Waals surface area contributed by atoms with Crippen LogP contribution < -0.4 is 14.8 Å². The zero-order valence-corrected chi connectivity index (χ0v) is 23.6. The Bertz CT molecular complexity index is 1440. The van der Waals surface area contributed by atoms with Gasteiger partial charge in [0.2, 0.25) is 0 Å². The minimum Gasteiger partial charge on any atom is -0.489 e. The third-order valence-corrected chi connectivity index (χ3v) is 8.93. The van der Waals surface area contributed by atoms with Gasteiger partial charge in [-0.1, -0.05) is 37.6 Å².